The van der Waals surface area contributed by atoms with Crippen molar-refractivity contribution < 1.29 is 9.90 Å². The Morgan fingerprint density at radius 1 is 1.36 bits per heavy atom. The third-order valence-electron chi connectivity index (χ3n) is 1.77. The second-order valence-electron chi connectivity index (χ2n) is 2.66. The third kappa shape index (κ3) is 1.35. The number of rotatable bonds is 2. The fourth-order valence-electron chi connectivity index (χ4n) is 1.18. The van der Waals surface area contributed by atoms with Crippen LogP contribution in [0, 0.1) is 0 Å². The molecule has 0 atom stereocenters. The van der Waals surface area contributed by atoms with Crippen molar-refractivity contribution in [1.29, 1.82) is 0 Å². The predicted molar refractivity (Wildman–Crippen MR) is 48.8 cm³/mol. The molecule has 0 saturated heterocycles. The van der Waals surface area contributed by atoms with Crippen molar-refractivity contribution in [2.75, 3.05) is 0 Å². The summed E-state index contributed by atoms with van der Waals surface area (Å²) in [6.45, 7) is 0. The third-order valence-corrected chi connectivity index (χ3v) is 1.77. The van der Waals surface area contributed by atoms with Crippen LogP contribution < -0.4 is 0 Å². The minimum Gasteiger partial charge on any atom is -0.476 e. The van der Waals surface area contributed by atoms with Crippen LogP contribution in [0.5, 0.6) is 0 Å². The SMILES string of the molecule is O=C(O)c1nccnc1-c1cc[nH]c1. The largest absolute Gasteiger partial charge is 0.476 e. The Morgan fingerprint density at radius 3 is 2.79 bits per heavy atom. The molecule has 5 heteroatoms. The molecule has 0 saturated carbocycles. The van der Waals surface area contributed by atoms with Gasteiger partial charge in [-0.25, -0.2) is 9.78 Å². The Labute approximate surface area is 79.5 Å². The summed E-state index contributed by atoms with van der Waals surface area (Å²) in [5.41, 5.74) is 1.06. The number of nitrogens with one attached hydrogen (secondary N) is 1. The van der Waals surface area contributed by atoms with E-state index in [0.29, 0.717) is 5.69 Å². The standard InChI is InChI=1S/C9H7N3O2/c13-9(14)8-7(11-3-4-12-8)6-1-2-10-5-6/h1-5,10H,(H,13,14). The highest BCUT2D eigenvalue weighted by atomic mass is 16.4. The number of hydrogen-bond acceptors (Lipinski definition) is 3. The highest BCUT2D eigenvalue weighted by Crippen LogP contribution is 2.18. The molecule has 0 amide bonds. The summed E-state index contributed by atoms with van der Waals surface area (Å²) in [5.74, 6) is -1.07. The fourth-order valence-corrected chi connectivity index (χ4v) is 1.18. The Bertz CT molecular complexity index is 451. The second kappa shape index (κ2) is 3.29. The lowest BCUT2D eigenvalue weighted by Gasteiger charge is -1.99. The summed E-state index contributed by atoms with van der Waals surface area (Å²) >= 11 is 0. The predicted octanol–water partition coefficient (Wildman–Crippen LogP) is 1.17. The van der Waals surface area contributed by atoms with E-state index in [1.54, 1.807) is 18.5 Å². The number of carbonyl (C=O) groups is 1. The normalized spacial score (nSPS) is 10.0. The summed E-state index contributed by atoms with van der Waals surface area (Å²) in [6, 6.07) is 1.75. The minimum absolute atomic E-state index is 0.0351. The quantitative estimate of drug-likeness (QED) is 0.743. The maximum absolute atomic E-state index is 10.8. The van der Waals surface area contributed by atoms with Gasteiger partial charge in [0.25, 0.3) is 0 Å². The number of H-pyrrole nitrogens is 1. The number of carboxylic acid groups (broad SMARTS) is 1. The lowest BCUT2D eigenvalue weighted by Crippen LogP contribution is -2.03. The Balaban J connectivity index is 2.58. The maximum Gasteiger partial charge on any atom is 0.356 e. The van der Waals surface area contributed by atoms with Gasteiger partial charge in [0.15, 0.2) is 5.69 Å². The lowest BCUT2D eigenvalue weighted by atomic mass is 10.2. The van der Waals surface area contributed by atoms with Crippen LogP contribution >= 0.6 is 0 Å². The average molecular weight is 189 g/mol. The monoisotopic (exact) mass is 189 g/mol. The molecule has 70 valence electrons. The van der Waals surface area contributed by atoms with E-state index in [4.69, 9.17) is 5.11 Å². The number of nitrogens with zero attached hydrogens (tertiary/aromatic N) is 2. The Hall–Kier alpha value is -2.17. The van der Waals surface area contributed by atoms with Crippen LogP contribution in [0.2, 0.25) is 0 Å². The van der Waals surface area contributed by atoms with Gasteiger partial charge in [-0.3, -0.25) is 4.98 Å². The molecular formula is C9H7N3O2. The molecule has 0 fully saturated rings. The van der Waals surface area contributed by atoms with Gasteiger partial charge in [-0.2, -0.15) is 0 Å². The van der Waals surface area contributed by atoms with Crippen LogP contribution in [0.3, 0.4) is 0 Å². The van der Waals surface area contributed by atoms with Crippen LogP contribution in [0.1, 0.15) is 10.5 Å². The van der Waals surface area contributed by atoms with Gasteiger partial charge >= 0.3 is 5.97 Å². The molecule has 0 radical (unpaired) electrons. The van der Waals surface area contributed by atoms with Crippen LogP contribution in [0.15, 0.2) is 30.9 Å². The van der Waals surface area contributed by atoms with Crippen LogP contribution in [-0.4, -0.2) is 26.0 Å². The van der Waals surface area contributed by atoms with Crippen LogP contribution in [0.4, 0.5) is 0 Å². The van der Waals surface area contributed by atoms with E-state index in [0.717, 1.165) is 5.56 Å². The van der Waals surface area contributed by atoms with Gasteiger partial charge in [0, 0.05) is 30.4 Å². The average Bonchev–Trinajstić information content (AvgIpc) is 2.70. The van der Waals surface area contributed by atoms with Crippen LogP contribution in [-0.2, 0) is 0 Å². The Morgan fingerprint density at radius 2 is 2.14 bits per heavy atom. The zero-order valence-corrected chi connectivity index (χ0v) is 7.14. The Kier molecular flexibility index (Phi) is 1.98. The highest BCUT2D eigenvalue weighted by Gasteiger charge is 2.13. The molecule has 0 bridgehead atoms. The van der Waals surface area contributed by atoms with Gasteiger partial charge < -0.3 is 10.1 Å². The first kappa shape index (κ1) is 8.43. The van der Waals surface area contributed by atoms with E-state index in [9.17, 15) is 4.79 Å². The number of aromatic carboxylic acids is 1. The van der Waals surface area contributed by atoms with Gasteiger partial charge in [-0.15, -0.1) is 0 Å². The summed E-state index contributed by atoms with van der Waals surface area (Å²) in [7, 11) is 0. The molecule has 2 aromatic rings. The van der Waals surface area contributed by atoms with Gasteiger partial charge in [0.2, 0.25) is 0 Å². The molecule has 0 spiro atoms. The smallest absolute Gasteiger partial charge is 0.356 e. The maximum atomic E-state index is 10.8. The zero-order chi connectivity index (χ0) is 9.97. The van der Waals surface area contributed by atoms with Gasteiger partial charge in [0.1, 0.15) is 5.69 Å². The van der Waals surface area contributed by atoms with Crippen molar-refractivity contribution >= 4 is 5.97 Å². The molecule has 5 nitrogen and oxygen atoms in total. The molecule has 0 unspecified atom stereocenters. The van der Waals surface area contributed by atoms with E-state index in [1.165, 1.54) is 12.4 Å². The van der Waals surface area contributed by atoms with Crippen molar-refractivity contribution in [2.24, 2.45) is 0 Å². The minimum atomic E-state index is -1.07. The van der Waals surface area contributed by atoms with Crippen molar-refractivity contribution in [1.82, 2.24) is 15.0 Å². The number of aromatic amines is 1. The molecule has 0 aliphatic rings. The number of aromatic nitrogens is 3. The van der Waals surface area contributed by atoms with E-state index in [2.05, 4.69) is 15.0 Å². The fraction of sp³-hybridized carbons (Fsp3) is 0. The summed E-state index contributed by atoms with van der Waals surface area (Å²) in [4.78, 5) is 21.4. The summed E-state index contributed by atoms with van der Waals surface area (Å²) in [6.07, 6.45) is 6.21. The van der Waals surface area contributed by atoms with Crippen molar-refractivity contribution in [2.45, 2.75) is 0 Å². The van der Waals surface area contributed by atoms with Gasteiger partial charge in [0.05, 0.1) is 0 Å². The highest BCUT2D eigenvalue weighted by molar-refractivity contribution is 5.92. The zero-order valence-electron chi connectivity index (χ0n) is 7.14. The van der Waals surface area contributed by atoms with E-state index in [1.807, 2.05) is 0 Å². The van der Waals surface area contributed by atoms with Crippen molar-refractivity contribution in [3.63, 3.8) is 0 Å². The molecule has 0 aliphatic carbocycles. The molecule has 0 aromatic carbocycles. The lowest BCUT2D eigenvalue weighted by molar-refractivity contribution is 0.0691. The van der Waals surface area contributed by atoms with E-state index < -0.39 is 5.97 Å². The van der Waals surface area contributed by atoms with E-state index in [-0.39, 0.29) is 5.69 Å². The summed E-state index contributed by atoms with van der Waals surface area (Å²) < 4.78 is 0. The topological polar surface area (TPSA) is 78.9 Å². The molecule has 2 heterocycles. The van der Waals surface area contributed by atoms with Crippen molar-refractivity contribution in [3.05, 3.63) is 36.5 Å². The van der Waals surface area contributed by atoms with E-state index >= 15 is 0 Å². The summed E-state index contributed by atoms with van der Waals surface area (Å²) in [5, 5.41) is 8.85. The molecule has 2 N–H and O–H groups in total. The molecule has 0 aliphatic heterocycles. The molecular weight excluding hydrogens is 182 g/mol. The molecule has 2 rings (SSSR count). The van der Waals surface area contributed by atoms with Crippen LogP contribution in [0.25, 0.3) is 11.3 Å². The number of hydrogen-bond donors (Lipinski definition) is 2. The molecule has 14 heavy (non-hydrogen) atoms. The number of carboxylic acids is 1. The first-order valence-corrected chi connectivity index (χ1v) is 3.96. The first-order chi connectivity index (χ1) is 6.79. The van der Waals surface area contributed by atoms with Crippen molar-refractivity contribution in [3.8, 4) is 11.3 Å². The van der Waals surface area contributed by atoms with Gasteiger partial charge in [-0.1, -0.05) is 0 Å². The first-order valence-electron chi connectivity index (χ1n) is 3.96. The molecule has 2 aromatic heterocycles. The van der Waals surface area contributed by atoms with Gasteiger partial charge in [-0.05, 0) is 6.07 Å². The second-order valence-corrected chi connectivity index (χ2v) is 2.66.